The summed E-state index contributed by atoms with van der Waals surface area (Å²) in [5, 5.41) is 10.3. The highest BCUT2D eigenvalue weighted by Gasteiger charge is 2.40. The SMILES string of the molecule is Cc1cccc2c1O[P@@](=O)(OC[C@H]1O[C@@H](n3cc([125I])c(=O)[nH]c3=O)C[C@@H]1O)OC2. The van der Waals surface area contributed by atoms with Crippen LogP contribution in [0.5, 0.6) is 5.75 Å². The Kier molecular flexibility index (Phi) is 5.70. The molecular weight excluding hydrogens is 516 g/mol. The van der Waals surface area contributed by atoms with Crippen molar-refractivity contribution in [1.29, 1.82) is 0 Å². The summed E-state index contributed by atoms with van der Waals surface area (Å²) >= 11 is 1.80. The number of rotatable bonds is 4. The van der Waals surface area contributed by atoms with E-state index in [-0.39, 0.29) is 19.6 Å². The van der Waals surface area contributed by atoms with Crippen LogP contribution in [0.3, 0.4) is 0 Å². The molecule has 3 heterocycles. The first-order valence-electron chi connectivity index (χ1n) is 8.77. The minimum absolute atomic E-state index is 0.0796. The molecule has 2 aromatic rings. The van der Waals surface area contributed by atoms with Crippen LogP contribution in [-0.4, -0.2) is 33.5 Å². The Bertz CT molecular complexity index is 1100. The number of phosphoric ester groups is 1. The largest absolute Gasteiger partial charge is 0.530 e. The monoisotopic (exact) mass is 534 g/mol. The summed E-state index contributed by atoms with van der Waals surface area (Å²) in [6, 6.07) is 5.48. The summed E-state index contributed by atoms with van der Waals surface area (Å²) in [5.74, 6) is 0.460. The fourth-order valence-electron chi connectivity index (χ4n) is 3.18. The average Bonchev–Trinajstić information content (AvgIpc) is 3.04. The van der Waals surface area contributed by atoms with E-state index in [4.69, 9.17) is 18.3 Å². The second-order valence-corrected chi connectivity index (χ2v) is 9.50. The van der Waals surface area contributed by atoms with Crippen LogP contribution in [0.25, 0.3) is 0 Å². The Labute approximate surface area is 178 Å². The highest BCUT2D eigenvalue weighted by molar-refractivity contribution is 14.1. The number of benzene rings is 1. The minimum atomic E-state index is -3.88. The maximum absolute atomic E-state index is 12.8. The molecule has 0 spiro atoms. The highest BCUT2D eigenvalue weighted by Crippen LogP contribution is 2.55. The van der Waals surface area contributed by atoms with E-state index in [2.05, 4.69) is 4.98 Å². The van der Waals surface area contributed by atoms with Crippen LogP contribution >= 0.6 is 30.4 Å². The van der Waals surface area contributed by atoms with Crippen molar-refractivity contribution in [1.82, 2.24) is 9.55 Å². The van der Waals surface area contributed by atoms with Gasteiger partial charge in [0.05, 0.1) is 22.9 Å². The van der Waals surface area contributed by atoms with Gasteiger partial charge in [-0.1, -0.05) is 18.2 Å². The number of nitrogens with zero attached hydrogens (tertiary/aromatic N) is 1. The zero-order valence-electron chi connectivity index (χ0n) is 15.2. The molecule has 0 unspecified atom stereocenters. The van der Waals surface area contributed by atoms with Crippen LogP contribution < -0.4 is 15.8 Å². The van der Waals surface area contributed by atoms with Gasteiger partial charge in [0, 0.05) is 18.2 Å². The lowest BCUT2D eigenvalue weighted by Crippen LogP contribution is -2.33. The molecule has 4 rings (SSSR count). The molecule has 0 aliphatic carbocycles. The number of hydrogen-bond acceptors (Lipinski definition) is 8. The fraction of sp³-hybridized carbons (Fsp3) is 0.412. The first-order valence-corrected chi connectivity index (χ1v) is 11.3. The smallest absolute Gasteiger partial charge is 0.403 e. The normalized spacial score (nSPS) is 28.7. The number of aliphatic hydroxyl groups excluding tert-OH is 1. The third kappa shape index (κ3) is 4.21. The molecule has 10 nitrogen and oxygen atoms in total. The van der Waals surface area contributed by atoms with Gasteiger partial charge >= 0.3 is 13.5 Å². The third-order valence-corrected chi connectivity index (χ3v) is 6.80. The first kappa shape index (κ1) is 20.8. The van der Waals surface area contributed by atoms with Gasteiger partial charge in [0.15, 0.2) is 0 Å². The Balaban J connectivity index is 1.44. The number of aliphatic hydroxyl groups is 1. The molecule has 0 saturated carbocycles. The average molecular weight is 534 g/mol. The second kappa shape index (κ2) is 7.97. The van der Waals surface area contributed by atoms with Gasteiger partial charge in [0.2, 0.25) is 0 Å². The number of aromatic amines is 1. The fourth-order valence-corrected chi connectivity index (χ4v) is 4.91. The molecule has 4 atom stereocenters. The Hall–Kier alpha value is -1.50. The van der Waals surface area contributed by atoms with E-state index in [0.717, 1.165) is 11.1 Å². The summed E-state index contributed by atoms with van der Waals surface area (Å²) < 4.78 is 36.1. The predicted octanol–water partition coefficient (Wildman–Crippen LogP) is 1.83. The van der Waals surface area contributed by atoms with E-state index in [1.807, 2.05) is 25.1 Å². The molecule has 0 amide bonds. The molecule has 0 bridgehead atoms. The lowest BCUT2D eigenvalue weighted by Gasteiger charge is -2.27. The summed E-state index contributed by atoms with van der Waals surface area (Å²) in [7, 11) is -3.88. The molecule has 1 saturated heterocycles. The third-order valence-electron chi connectivity index (χ3n) is 4.71. The minimum Gasteiger partial charge on any atom is -0.403 e. The van der Waals surface area contributed by atoms with Gasteiger partial charge in [-0.3, -0.25) is 23.4 Å². The molecule has 1 aromatic heterocycles. The van der Waals surface area contributed by atoms with Gasteiger partial charge < -0.3 is 14.4 Å². The number of H-pyrrole nitrogens is 1. The van der Waals surface area contributed by atoms with Crippen molar-refractivity contribution in [2.75, 3.05) is 6.61 Å². The maximum atomic E-state index is 12.8. The molecular formula is C17H18IN2O8P. The lowest BCUT2D eigenvalue weighted by atomic mass is 10.1. The molecule has 12 heteroatoms. The van der Waals surface area contributed by atoms with Crippen molar-refractivity contribution in [3.05, 3.63) is 59.9 Å². The molecule has 29 heavy (non-hydrogen) atoms. The zero-order chi connectivity index (χ0) is 20.8. The molecule has 1 fully saturated rings. The number of aryl methyl sites for hydroxylation is 1. The van der Waals surface area contributed by atoms with Crippen molar-refractivity contribution in [2.45, 2.75) is 38.4 Å². The number of halogens is 1. The number of para-hydroxylation sites is 1. The topological polar surface area (TPSA) is 129 Å². The Morgan fingerprint density at radius 3 is 3.00 bits per heavy atom. The van der Waals surface area contributed by atoms with Crippen molar-refractivity contribution < 1.29 is 28.0 Å². The standard InChI is InChI=1S/C17H18IN2O8P/c1-9-3-2-4-10-7-25-29(24,28-15(9)10)26-8-13-12(21)5-14(27-13)20-6-11(18)16(22)19-17(20)23/h2-4,6,12-14,21H,5,7-8H2,1H3,(H,19,22,23)/t12-,13+,14+,29+/m0/s1/i18-2. The molecule has 156 valence electrons. The number of hydrogen-bond donors (Lipinski definition) is 2. The number of aromatic nitrogens is 2. The molecule has 1 aromatic carbocycles. The van der Waals surface area contributed by atoms with Crippen LogP contribution in [0.2, 0.25) is 0 Å². The van der Waals surface area contributed by atoms with Crippen molar-refractivity contribution in [3.63, 3.8) is 0 Å². The van der Waals surface area contributed by atoms with Crippen LogP contribution in [-0.2, 0) is 25.0 Å². The molecule has 2 aliphatic heterocycles. The predicted molar refractivity (Wildman–Crippen MR) is 109 cm³/mol. The number of fused-ring (bicyclic) bond motifs is 1. The van der Waals surface area contributed by atoms with E-state index in [0.29, 0.717) is 9.32 Å². The van der Waals surface area contributed by atoms with Gasteiger partial charge in [0.1, 0.15) is 18.1 Å². The number of phosphoric acid groups is 1. The van der Waals surface area contributed by atoms with E-state index >= 15 is 0 Å². The maximum Gasteiger partial charge on any atom is 0.530 e. The van der Waals surface area contributed by atoms with E-state index < -0.39 is 37.5 Å². The summed E-state index contributed by atoms with van der Waals surface area (Å²) in [6.07, 6.45) is -1.16. The number of nitrogens with one attached hydrogen (secondary N) is 1. The Morgan fingerprint density at radius 1 is 1.41 bits per heavy atom. The molecule has 2 N–H and O–H groups in total. The molecule has 0 radical (unpaired) electrons. The lowest BCUT2D eigenvalue weighted by molar-refractivity contribution is -0.0469. The van der Waals surface area contributed by atoms with Gasteiger partial charge in [-0.25, -0.2) is 9.36 Å². The van der Waals surface area contributed by atoms with Crippen LogP contribution in [0.15, 0.2) is 34.0 Å². The van der Waals surface area contributed by atoms with Gasteiger partial charge in [0.25, 0.3) is 5.56 Å². The highest BCUT2D eigenvalue weighted by atomic mass is 125. The van der Waals surface area contributed by atoms with E-state index in [1.54, 1.807) is 22.6 Å². The second-order valence-electron chi connectivity index (χ2n) is 6.75. The number of ether oxygens (including phenoxy) is 1. The van der Waals surface area contributed by atoms with Crippen LogP contribution in [0, 0.1) is 10.5 Å². The first-order chi connectivity index (χ1) is 13.8. The molecule has 2 aliphatic rings. The van der Waals surface area contributed by atoms with Crippen molar-refractivity contribution in [2.24, 2.45) is 0 Å². The summed E-state index contributed by atoms with van der Waals surface area (Å²) in [6.45, 7) is 1.65. The van der Waals surface area contributed by atoms with Crippen molar-refractivity contribution in [3.8, 4) is 5.75 Å². The Morgan fingerprint density at radius 2 is 2.21 bits per heavy atom. The quantitative estimate of drug-likeness (QED) is 0.450. The summed E-state index contributed by atoms with van der Waals surface area (Å²) in [5.41, 5.74) is 0.432. The van der Waals surface area contributed by atoms with Crippen molar-refractivity contribution >= 4 is 30.4 Å². The summed E-state index contributed by atoms with van der Waals surface area (Å²) in [4.78, 5) is 25.7. The van der Waals surface area contributed by atoms with Gasteiger partial charge in [-0.05, 0) is 35.1 Å². The zero-order valence-corrected chi connectivity index (χ0v) is 18.3. The van der Waals surface area contributed by atoms with E-state index in [1.165, 1.54) is 10.8 Å². The van der Waals surface area contributed by atoms with Crippen LogP contribution in [0.1, 0.15) is 23.8 Å². The van der Waals surface area contributed by atoms with E-state index in [9.17, 15) is 19.3 Å². The van der Waals surface area contributed by atoms with Gasteiger partial charge in [-0.2, -0.15) is 0 Å². The van der Waals surface area contributed by atoms with Crippen LogP contribution in [0.4, 0.5) is 0 Å². The van der Waals surface area contributed by atoms with Gasteiger partial charge in [-0.15, -0.1) is 0 Å².